The van der Waals surface area contributed by atoms with Gasteiger partial charge in [0.1, 0.15) is 0 Å². The lowest BCUT2D eigenvalue weighted by molar-refractivity contribution is -0.127. The van der Waals surface area contributed by atoms with Crippen LogP contribution in [0.5, 0.6) is 0 Å². The highest BCUT2D eigenvalue weighted by molar-refractivity contribution is 5.98. The lowest BCUT2D eigenvalue weighted by Crippen LogP contribution is -2.47. The lowest BCUT2D eigenvalue weighted by atomic mass is 10.1. The highest BCUT2D eigenvalue weighted by Crippen LogP contribution is 2.17. The van der Waals surface area contributed by atoms with E-state index in [9.17, 15) is 14.4 Å². The fourth-order valence-electron chi connectivity index (χ4n) is 3.55. The van der Waals surface area contributed by atoms with Crippen LogP contribution in [0.15, 0.2) is 24.3 Å². The molecule has 8 heteroatoms. The quantitative estimate of drug-likeness (QED) is 0.704. The van der Waals surface area contributed by atoms with Crippen LogP contribution >= 0.6 is 0 Å². The number of urea groups is 1. The number of imide groups is 1. The van der Waals surface area contributed by atoms with Crippen LogP contribution in [0.4, 0.5) is 4.79 Å². The number of morpholine rings is 1. The second-order valence-electron chi connectivity index (χ2n) is 7.58. The summed E-state index contributed by atoms with van der Waals surface area (Å²) in [6.07, 6.45) is 2.95. The molecule has 0 aromatic heterocycles. The standard InChI is InChI=1S/C21H29N3O5/c1-15(19(25)23-21(27)22-18-4-2-3-5-18)29-20(26)17-8-6-16(7-9-17)14-24-10-12-28-13-11-24/h6-9,15,18H,2-5,10-14H2,1H3,(H2,22,23,25,27)/t15-/m1/s1. The Morgan fingerprint density at radius 3 is 2.45 bits per heavy atom. The monoisotopic (exact) mass is 403 g/mol. The molecule has 3 rings (SSSR count). The first kappa shape index (κ1) is 21.3. The number of esters is 1. The van der Waals surface area contributed by atoms with Crippen LogP contribution in [0.25, 0.3) is 0 Å². The number of nitrogens with zero attached hydrogens (tertiary/aromatic N) is 1. The molecule has 3 amide bonds. The van der Waals surface area contributed by atoms with Gasteiger partial charge in [0.05, 0.1) is 18.8 Å². The van der Waals surface area contributed by atoms with Gasteiger partial charge in [-0.15, -0.1) is 0 Å². The van der Waals surface area contributed by atoms with Crippen LogP contribution < -0.4 is 10.6 Å². The number of hydrogen-bond acceptors (Lipinski definition) is 6. The minimum Gasteiger partial charge on any atom is -0.449 e. The molecule has 0 spiro atoms. The van der Waals surface area contributed by atoms with Gasteiger partial charge in [0.15, 0.2) is 6.10 Å². The van der Waals surface area contributed by atoms with E-state index in [2.05, 4.69) is 15.5 Å². The van der Waals surface area contributed by atoms with E-state index in [4.69, 9.17) is 9.47 Å². The van der Waals surface area contributed by atoms with E-state index >= 15 is 0 Å². The van der Waals surface area contributed by atoms with Gasteiger partial charge < -0.3 is 14.8 Å². The van der Waals surface area contributed by atoms with Crippen LogP contribution in [-0.2, 0) is 20.8 Å². The van der Waals surface area contributed by atoms with E-state index in [-0.39, 0.29) is 6.04 Å². The molecule has 1 saturated heterocycles. The van der Waals surface area contributed by atoms with Gasteiger partial charge >= 0.3 is 12.0 Å². The van der Waals surface area contributed by atoms with Crippen molar-refractivity contribution in [1.82, 2.24) is 15.5 Å². The summed E-state index contributed by atoms with van der Waals surface area (Å²) in [5.41, 5.74) is 1.46. The van der Waals surface area contributed by atoms with Crippen molar-refractivity contribution in [2.75, 3.05) is 26.3 Å². The van der Waals surface area contributed by atoms with Crippen molar-refractivity contribution >= 4 is 17.9 Å². The molecular weight excluding hydrogens is 374 g/mol. The first-order valence-corrected chi connectivity index (χ1v) is 10.2. The van der Waals surface area contributed by atoms with Crippen LogP contribution in [0, 0.1) is 0 Å². The molecule has 0 bridgehead atoms. The predicted octanol–water partition coefficient (Wildman–Crippen LogP) is 1.83. The van der Waals surface area contributed by atoms with Gasteiger partial charge in [0, 0.05) is 25.7 Å². The molecule has 1 aromatic rings. The van der Waals surface area contributed by atoms with Gasteiger partial charge in [-0.1, -0.05) is 25.0 Å². The van der Waals surface area contributed by atoms with Crippen molar-refractivity contribution in [1.29, 1.82) is 0 Å². The van der Waals surface area contributed by atoms with Gasteiger partial charge in [-0.2, -0.15) is 0 Å². The number of amides is 3. The number of carbonyl (C=O) groups is 3. The van der Waals surface area contributed by atoms with E-state index in [1.54, 1.807) is 12.1 Å². The third kappa shape index (κ3) is 6.54. The van der Waals surface area contributed by atoms with Gasteiger partial charge in [-0.25, -0.2) is 9.59 Å². The van der Waals surface area contributed by atoms with Crippen LogP contribution in [0.1, 0.15) is 48.5 Å². The van der Waals surface area contributed by atoms with Crippen molar-refractivity contribution in [2.45, 2.75) is 51.3 Å². The summed E-state index contributed by atoms with van der Waals surface area (Å²) in [5.74, 6) is -1.24. The van der Waals surface area contributed by atoms with Gasteiger partial charge in [-0.3, -0.25) is 15.0 Å². The zero-order valence-corrected chi connectivity index (χ0v) is 16.8. The molecule has 2 aliphatic rings. The molecule has 29 heavy (non-hydrogen) atoms. The Balaban J connectivity index is 1.44. The smallest absolute Gasteiger partial charge is 0.338 e. The first-order valence-electron chi connectivity index (χ1n) is 10.2. The fraction of sp³-hybridized carbons (Fsp3) is 0.571. The maximum atomic E-state index is 12.3. The van der Waals surface area contributed by atoms with Crippen LogP contribution in [0.2, 0.25) is 0 Å². The molecule has 1 aliphatic heterocycles. The Hall–Kier alpha value is -2.45. The molecule has 8 nitrogen and oxygen atoms in total. The summed E-state index contributed by atoms with van der Waals surface area (Å²) in [4.78, 5) is 38.6. The van der Waals surface area contributed by atoms with E-state index < -0.39 is 24.0 Å². The van der Waals surface area contributed by atoms with E-state index in [1.165, 1.54) is 6.92 Å². The summed E-state index contributed by atoms with van der Waals surface area (Å²) < 4.78 is 10.5. The number of ether oxygens (including phenoxy) is 2. The van der Waals surface area contributed by atoms with E-state index in [1.807, 2.05) is 12.1 Å². The average Bonchev–Trinajstić information content (AvgIpc) is 3.22. The minimum absolute atomic E-state index is 0.108. The molecule has 158 valence electrons. The molecule has 1 heterocycles. The second-order valence-corrected chi connectivity index (χ2v) is 7.58. The SMILES string of the molecule is C[C@@H](OC(=O)c1ccc(CN2CCOCC2)cc1)C(=O)NC(=O)NC1CCCC1. The third-order valence-corrected chi connectivity index (χ3v) is 5.28. The molecule has 1 aliphatic carbocycles. The zero-order valence-electron chi connectivity index (χ0n) is 16.8. The number of nitrogens with one attached hydrogen (secondary N) is 2. The molecule has 1 atom stereocenters. The maximum absolute atomic E-state index is 12.3. The molecular formula is C21H29N3O5. The maximum Gasteiger partial charge on any atom is 0.338 e. The number of carbonyl (C=O) groups excluding carboxylic acids is 3. The Labute approximate surface area is 170 Å². The van der Waals surface area contributed by atoms with E-state index in [0.29, 0.717) is 5.56 Å². The van der Waals surface area contributed by atoms with E-state index in [0.717, 1.165) is 64.1 Å². The Kier molecular flexibility index (Phi) is 7.60. The van der Waals surface area contributed by atoms with Crippen LogP contribution in [0.3, 0.4) is 0 Å². The molecule has 0 unspecified atom stereocenters. The second kappa shape index (κ2) is 10.4. The third-order valence-electron chi connectivity index (χ3n) is 5.28. The van der Waals surface area contributed by atoms with Gasteiger partial charge in [-0.05, 0) is 37.5 Å². The molecule has 1 aromatic carbocycles. The summed E-state index contributed by atoms with van der Waals surface area (Å²) in [6, 6.07) is 6.71. The van der Waals surface area contributed by atoms with Crippen molar-refractivity contribution in [3.05, 3.63) is 35.4 Å². The van der Waals surface area contributed by atoms with Crippen molar-refractivity contribution in [2.24, 2.45) is 0 Å². The fourth-order valence-corrected chi connectivity index (χ4v) is 3.55. The Morgan fingerprint density at radius 2 is 1.79 bits per heavy atom. The summed E-state index contributed by atoms with van der Waals surface area (Å²) >= 11 is 0. The average molecular weight is 403 g/mol. The van der Waals surface area contributed by atoms with Crippen molar-refractivity contribution in [3.8, 4) is 0 Å². The van der Waals surface area contributed by atoms with Crippen molar-refractivity contribution < 1.29 is 23.9 Å². The van der Waals surface area contributed by atoms with Gasteiger partial charge in [0.25, 0.3) is 5.91 Å². The normalized spacial score (nSPS) is 18.8. The number of benzene rings is 1. The molecule has 2 fully saturated rings. The van der Waals surface area contributed by atoms with Crippen molar-refractivity contribution in [3.63, 3.8) is 0 Å². The topological polar surface area (TPSA) is 97.0 Å². The molecule has 2 N–H and O–H groups in total. The largest absolute Gasteiger partial charge is 0.449 e. The first-order chi connectivity index (χ1) is 14.0. The number of rotatable bonds is 6. The minimum atomic E-state index is -1.06. The summed E-state index contributed by atoms with van der Waals surface area (Å²) in [6.45, 7) is 5.51. The number of hydrogen-bond donors (Lipinski definition) is 2. The summed E-state index contributed by atoms with van der Waals surface area (Å²) in [7, 11) is 0. The Bertz CT molecular complexity index is 710. The zero-order chi connectivity index (χ0) is 20.6. The predicted molar refractivity (Wildman–Crippen MR) is 106 cm³/mol. The summed E-state index contributed by atoms with van der Waals surface area (Å²) in [5, 5.41) is 5.00. The van der Waals surface area contributed by atoms with Crippen LogP contribution in [-0.4, -0.2) is 61.3 Å². The molecule has 0 radical (unpaired) electrons. The highest BCUT2D eigenvalue weighted by atomic mass is 16.5. The van der Waals surface area contributed by atoms with Gasteiger partial charge in [0.2, 0.25) is 0 Å². The highest BCUT2D eigenvalue weighted by Gasteiger charge is 2.23. The Morgan fingerprint density at radius 1 is 1.14 bits per heavy atom. The lowest BCUT2D eigenvalue weighted by Gasteiger charge is -2.26. The molecule has 1 saturated carbocycles.